The van der Waals surface area contributed by atoms with E-state index in [4.69, 9.17) is 4.74 Å². The van der Waals surface area contributed by atoms with Gasteiger partial charge >= 0.3 is 0 Å². The van der Waals surface area contributed by atoms with Crippen LogP contribution in [0.3, 0.4) is 0 Å². The van der Waals surface area contributed by atoms with Crippen molar-refractivity contribution in [2.75, 3.05) is 33.3 Å². The number of hydrogen-bond acceptors (Lipinski definition) is 3. The lowest BCUT2D eigenvalue weighted by Gasteiger charge is -2.21. The summed E-state index contributed by atoms with van der Waals surface area (Å²) in [6.07, 6.45) is 6.90. The van der Waals surface area contributed by atoms with Gasteiger partial charge in [-0.05, 0) is 66.6 Å². The van der Waals surface area contributed by atoms with Crippen LogP contribution >= 0.6 is 0 Å². The molecule has 3 heteroatoms. The molecule has 0 aromatic carbocycles. The van der Waals surface area contributed by atoms with Gasteiger partial charge in [-0.15, -0.1) is 0 Å². The normalized spacial score (nSPS) is 20.8. The van der Waals surface area contributed by atoms with Crippen molar-refractivity contribution in [3.05, 3.63) is 0 Å². The van der Waals surface area contributed by atoms with Gasteiger partial charge in [0.15, 0.2) is 0 Å². The molecule has 0 aliphatic carbocycles. The minimum atomic E-state index is 0.261. The molecule has 3 nitrogen and oxygen atoms in total. The van der Waals surface area contributed by atoms with Gasteiger partial charge in [-0.3, -0.25) is 0 Å². The predicted octanol–water partition coefficient (Wildman–Crippen LogP) is 2.66. The van der Waals surface area contributed by atoms with E-state index < -0.39 is 0 Å². The van der Waals surface area contributed by atoms with Crippen molar-refractivity contribution in [1.82, 2.24) is 10.2 Å². The van der Waals surface area contributed by atoms with Crippen LogP contribution in [-0.2, 0) is 4.74 Å². The van der Waals surface area contributed by atoms with Crippen LogP contribution in [0.25, 0.3) is 0 Å². The van der Waals surface area contributed by atoms with Crippen LogP contribution in [0.1, 0.15) is 52.9 Å². The van der Waals surface area contributed by atoms with Crippen molar-refractivity contribution >= 4 is 0 Å². The van der Waals surface area contributed by atoms with Crippen LogP contribution in [0.2, 0.25) is 0 Å². The van der Waals surface area contributed by atoms with E-state index in [1.807, 2.05) is 0 Å². The van der Waals surface area contributed by atoms with Gasteiger partial charge in [0.25, 0.3) is 0 Å². The van der Waals surface area contributed by atoms with E-state index in [0.29, 0.717) is 6.10 Å². The first-order chi connectivity index (χ1) is 8.47. The van der Waals surface area contributed by atoms with Gasteiger partial charge in [0.1, 0.15) is 0 Å². The van der Waals surface area contributed by atoms with Gasteiger partial charge in [-0.25, -0.2) is 0 Å². The molecular formula is C15H32N2O. The molecule has 0 bridgehead atoms. The van der Waals surface area contributed by atoms with Gasteiger partial charge in [-0.1, -0.05) is 6.42 Å². The number of rotatable bonds is 8. The minimum Gasteiger partial charge on any atom is -0.377 e. The molecule has 0 aromatic rings. The third-order valence-electron chi connectivity index (χ3n) is 3.41. The fourth-order valence-electron chi connectivity index (χ4n) is 2.37. The summed E-state index contributed by atoms with van der Waals surface area (Å²) in [4.78, 5) is 2.42. The summed E-state index contributed by atoms with van der Waals surface area (Å²) in [6.45, 7) is 11.1. The second kappa shape index (κ2) is 8.13. The van der Waals surface area contributed by atoms with E-state index in [9.17, 15) is 0 Å². The summed E-state index contributed by atoms with van der Waals surface area (Å²) >= 11 is 0. The first kappa shape index (κ1) is 15.9. The zero-order valence-corrected chi connectivity index (χ0v) is 12.8. The maximum atomic E-state index is 5.65. The highest BCUT2D eigenvalue weighted by Crippen LogP contribution is 2.13. The van der Waals surface area contributed by atoms with Crippen LogP contribution in [0, 0.1) is 0 Å². The van der Waals surface area contributed by atoms with E-state index in [1.165, 1.54) is 38.6 Å². The Labute approximate surface area is 113 Å². The molecule has 1 atom stereocenters. The molecular weight excluding hydrogens is 224 g/mol. The highest BCUT2D eigenvalue weighted by Gasteiger charge is 2.16. The monoisotopic (exact) mass is 256 g/mol. The van der Waals surface area contributed by atoms with Crippen molar-refractivity contribution < 1.29 is 4.74 Å². The second-order valence-corrected chi connectivity index (χ2v) is 6.63. The Morgan fingerprint density at radius 3 is 2.61 bits per heavy atom. The molecule has 1 saturated heterocycles. The zero-order chi connectivity index (χ0) is 13.4. The Bertz CT molecular complexity index is 207. The largest absolute Gasteiger partial charge is 0.377 e. The molecule has 0 radical (unpaired) electrons. The van der Waals surface area contributed by atoms with Crippen LogP contribution in [0.15, 0.2) is 0 Å². The Morgan fingerprint density at radius 1 is 1.22 bits per heavy atom. The molecule has 1 unspecified atom stereocenters. The topological polar surface area (TPSA) is 24.5 Å². The average molecular weight is 256 g/mol. The Balaban J connectivity index is 1.90. The lowest BCUT2D eigenvalue weighted by atomic mass is 10.1. The Kier molecular flexibility index (Phi) is 7.20. The molecule has 1 rings (SSSR count). The van der Waals surface area contributed by atoms with E-state index in [0.717, 1.165) is 19.7 Å². The zero-order valence-electron chi connectivity index (χ0n) is 12.8. The molecule has 0 amide bonds. The fourth-order valence-corrected chi connectivity index (χ4v) is 2.37. The van der Waals surface area contributed by atoms with Crippen LogP contribution in [-0.4, -0.2) is 49.8 Å². The molecule has 1 N–H and O–H groups in total. The maximum Gasteiger partial charge on any atom is 0.0702 e. The number of hydrogen-bond donors (Lipinski definition) is 1. The third kappa shape index (κ3) is 8.06. The first-order valence-corrected chi connectivity index (χ1v) is 7.52. The first-order valence-electron chi connectivity index (χ1n) is 7.52. The van der Waals surface area contributed by atoms with Gasteiger partial charge < -0.3 is 15.0 Å². The molecule has 1 heterocycles. The van der Waals surface area contributed by atoms with Crippen molar-refractivity contribution in [2.45, 2.75) is 64.5 Å². The summed E-state index contributed by atoms with van der Waals surface area (Å²) in [5, 5.41) is 3.54. The summed E-state index contributed by atoms with van der Waals surface area (Å²) in [5.74, 6) is 0. The van der Waals surface area contributed by atoms with E-state index >= 15 is 0 Å². The standard InChI is InChI=1S/C15H32N2O/c1-15(2,3)16-10-6-5-7-11-17(4)13-14-9-8-12-18-14/h14,16H,5-13H2,1-4H3. The van der Waals surface area contributed by atoms with Crippen molar-refractivity contribution in [3.8, 4) is 0 Å². The number of unbranched alkanes of at least 4 members (excludes halogenated alkanes) is 2. The molecule has 0 saturated carbocycles. The van der Waals surface area contributed by atoms with Crippen molar-refractivity contribution in [3.63, 3.8) is 0 Å². The average Bonchev–Trinajstić information content (AvgIpc) is 2.74. The van der Waals surface area contributed by atoms with Crippen LogP contribution < -0.4 is 5.32 Å². The molecule has 1 aliphatic heterocycles. The highest BCUT2D eigenvalue weighted by atomic mass is 16.5. The smallest absolute Gasteiger partial charge is 0.0702 e. The summed E-state index contributed by atoms with van der Waals surface area (Å²) in [6, 6.07) is 0. The maximum absolute atomic E-state index is 5.65. The second-order valence-electron chi connectivity index (χ2n) is 6.63. The predicted molar refractivity (Wildman–Crippen MR) is 78.1 cm³/mol. The fraction of sp³-hybridized carbons (Fsp3) is 1.00. The SMILES string of the molecule is CN(CCCCCNC(C)(C)C)CC1CCCO1. The number of likely N-dealkylation sites (N-methyl/N-ethyl adjacent to an activating group) is 1. The van der Waals surface area contributed by atoms with E-state index in [1.54, 1.807) is 0 Å². The third-order valence-corrected chi connectivity index (χ3v) is 3.41. The number of nitrogens with zero attached hydrogens (tertiary/aromatic N) is 1. The minimum absolute atomic E-state index is 0.261. The van der Waals surface area contributed by atoms with Gasteiger partial charge in [0, 0.05) is 18.7 Å². The molecule has 1 aliphatic rings. The van der Waals surface area contributed by atoms with Crippen LogP contribution in [0.5, 0.6) is 0 Å². The molecule has 0 spiro atoms. The Hall–Kier alpha value is -0.120. The van der Waals surface area contributed by atoms with Gasteiger partial charge in [0.05, 0.1) is 6.10 Å². The van der Waals surface area contributed by atoms with Crippen molar-refractivity contribution in [2.24, 2.45) is 0 Å². The lowest BCUT2D eigenvalue weighted by molar-refractivity contribution is 0.0807. The summed E-state index contributed by atoms with van der Waals surface area (Å²) < 4.78 is 5.65. The molecule has 1 fully saturated rings. The Morgan fingerprint density at radius 2 is 2.00 bits per heavy atom. The van der Waals surface area contributed by atoms with Crippen molar-refractivity contribution in [1.29, 1.82) is 0 Å². The summed E-state index contributed by atoms with van der Waals surface area (Å²) in [5.41, 5.74) is 0.261. The van der Waals surface area contributed by atoms with Gasteiger partial charge in [0.2, 0.25) is 0 Å². The number of ether oxygens (including phenoxy) is 1. The molecule has 108 valence electrons. The van der Waals surface area contributed by atoms with E-state index in [-0.39, 0.29) is 5.54 Å². The van der Waals surface area contributed by atoms with E-state index in [2.05, 4.69) is 38.0 Å². The molecule has 0 aromatic heterocycles. The van der Waals surface area contributed by atoms with Crippen LogP contribution in [0.4, 0.5) is 0 Å². The number of nitrogens with one attached hydrogen (secondary N) is 1. The quantitative estimate of drug-likeness (QED) is 0.676. The highest BCUT2D eigenvalue weighted by molar-refractivity contribution is 4.70. The lowest BCUT2D eigenvalue weighted by Crippen LogP contribution is -2.36. The molecule has 18 heavy (non-hydrogen) atoms. The van der Waals surface area contributed by atoms with Gasteiger partial charge in [-0.2, -0.15) is 0 Å². The summed E-state index contributed by atoms with van der Waals surface area (Å²) in [7, 11) is 2.22.